The molecule has 3 rings (SSSR count). The van der Waals surface area contributed by atoms with Gasteiger partial charge in [0.1, 0.15) is 5.75 Å². The van der Waals surface area contributed by atoms with E-state index in [2.05, 4.69) is 10.2 Å². The zero-order chi connectivity index (χ0) is 17.8. The van der Waals surface area contributed by atoms with Crippen molar-refractivity contribution in [2.45, 2.75) is 13.8 Å². The van der Waals surface area contributed by atoms with Crippen molar-refractivity contribution in [3.8, 4) is 17.4 Å². The molecule has 0 aliphatic carbocycles. The summed E-state index contributed by atoms with van der Waals surface area (Å²) in [4.78, 5) is 12.3. The van der Waals surface area contributed by atoms with Crippen LogP contribution in [0.25, 0.3) is 0 Å². The van der Waals surface area contributed by atoms with E-state index < -0.39 is 5.97 Å². The van der Waals surface area contributed by atoms with E-state index in [1.807, 2.05) is 44.2 Å². The maximum Gasteiger partial charge on any atom is 0.343 e. The first kappa shape index (κ1) is 16.9. The van der Waals surface area contributed by atoms with Gasteiger partial charge < -0.3 is 9.47 Å². The van der Waals surface area contributed by atoms with E-state index in [4.69, 9.17) is 21.1 Å². The van der Waals surface area contributed by atoms with Crippen LogP contribution in [-0.4, -0.2) is 16.2 Å². The highest BCUT2D eigenvalue weighted by molar-refractivity contribution is 6.29. The summed E-state index contributed by atoms with van der Waals surface area (Å²) in [6, 6.07) is 15.9. The van der Waals surface area contributed by atoms with E-state index in [9.17, 15) is 4.79 Å². The molecule has 0 saturated carbocycles. The van der Waals surface area contributed by atoms with Gasteiger partial charge in [-0.1, -0.05) is 47.5 Å². The van der Waals surface area contributed by atoms with Gasteiger partial charge in [0.25, 0.3) is 5.88 Å². The zero-order valence-electron chi connectivity index (χ0n) is 13.7. The van der Waals surface area contributed by atoms with Crippen LogP contribution in [0, 0.1) is 13.8 Å². The van der Waals surface area contributed by atoms with Gasteiger partial charge in [0.05, 0.1) is 5.56 Å². The average molecular weight is 355 g/mol. The number of aromatic nitrogens is 2. The number of esters is 1. The molecule has 0 spiro atoms. The van der Waals surface area contributed by atoms with Gasteiger partial charge in [-0.25, -0.2) is 4.79 Å². The van der Waals surface area contributed by atoms with E-state index in [-0.39, 0.29) is 16.8 Å². The molecule has 126 valence electrons. The Labute approximate surface area is 150 Å². The zero-order valence-corrected chi connectivity index (χ0v) is 14.4. The quantitative estimate of drug-likeness (QED) is 0.632. The van der Waals surface area contributed by atoms with Gasteiger partial charge in [0, 0.05) is 6.07 Å². The Balaban J connectivity index is 1.88. The van der Waals surface area contributed by atoms with Crippen LogP contribution in [0.4, 0.5) is 0 Å². The van der Waals surface area contributed by atoms with Gasteiger partial charge in [-0.3, -0.25) is 0 Å². The fraction of sp³-hybridized carbons (Fsp3) is 0.105. The van der Waals surface area contributed by atoms with Crippen LogP contribution in [-0.2, 0) is 0 Å². The lowest BCUT2D eigenvalue weighted by atomic mass is 10.1. The minimum Gasteiger partial charge on any atom is -0.435 e. The monoisotopic (exact) mass is 354 g/mol. The van der Waals surface area contributed by atoms with Crippen LogP contribution in [0.5, 0.6) is 17.4 Å². The van der Waals surface area contributed by atoms with Crippen molar-refractivity contribution in [2.75, 3.05) is 0 Å². The summed E-state index contributed by atoms with van der Waals surface area (Å²) < 4.78 is 11.2. The van der Waals surface area contributed by atoms with Gasteiger partial charge in [0.15, 0.2) is 10.9 Å². The Bertz CT molecular complexity index is 911. The summed E-state index contributed by atoms with van der Waals surface area (Å²) in [6.07, 6.45) is 0. The van der Waals surface area contributed by atoms with Crippen molar-refractivity contribution >= 4 is 17.6 Å². The molecule has 0 N–H and O–H groups in total. The second-order valence-corrected chi connectivity index (χ2v) is 5.85. The number of halogens is 1. The van der Waals surface area contributed by atoms with Gasteiger partial charge in [0.2, 0.25) is 0 Å². The second kappa shape index (κ2) is 7.32. The molecule has 6 heteroatoms. The number of nitrogens with zero attached hydrogens (tertiary/aromatic N) is 2. The van der Waals surface area contributed by atoms with Crippen LogP contribution < -0.4 is 9.47 Å². The number of hydrogen-bond acceptors (Lipinski definition) is 5. The van der Waals surface area contributed by atoms with Gasteiger partial charge in [-0.2, -0.15) is 0 Å². The lowest BCUT2D eigenvalue weighted by Gasteiger charge is -2.11. The molecule has 0 radical (unpaired) electrons. The number of rotatable bonds is 4. The predicted octanol–water partition coefficient (Wildman–Crippen LogP) is 4.76. The number of benzene rings is 2. The maximum atomic E-state index is 12.3. The smallest absolute Gasteiger partial charge is 0.343 e. The molecule has 1 aromatic heterocycles. The Morgan fingerprint density at radius 1 is 0.960 bits per heavy atom. The van der Waals surface area contributed by atoms with Crippen molar-refractivity contribution in [3.05, 3.63) is 76.4 Å². The third-order valence-electron chi connectivity index (χ3n) is 3.49. The minimum atomic E-state index is -0.529. The molecule has 0 saturated heterocycles. The lowest BCUT2D eigenvalue weighted by molar-refractivity contribution is 0.0729. The number of aryl methyl sites for hydroxylation is 2. The summed E-state index contributed by atoms with van der Waals surface area (Å²) >= 11 is 5.88. The molecule has 3 aromatic rings. The summed E-state index contributed by atoms with van der Waals surface area (Å²) in [5.41, 5.74) is 2.38. The molecule has 0 aliphatic heterocycles. The Morgan fingerprint density at radius 2 is 1.68 bits per heavy atom. The first-order chi connectivity index (χ1) is 12.0. The van der Waals surface area contributed by atoms with E-state index in [1.54, 1.807) is 18.2 Å². The van der Waals surface area contributed by atoms with Gasteiger partial charge >= 0.3 is 5.97 Å². The molecule has 0 bridgehead atoms. The van der Waals surface area contributed by atoms with Crippen LogP contribution >= 0.6 is 11.6 Å². The van der Waals surface area contributed by atoms with Crippen molar-refractivity contribution in [2.24, 2.45) is 0 Å². The molecule has 5 nitrogen and oxygen atoms in total. The van der Waals surface area contributed by atoms with Crippen molar-refractivity contribution in [1.82, 2.24) is 10.2 Å². The molecular weight excluding hydrogens is 340 g/mol. The van der Waals surface area contributed by atoms with Crippen LogP contribution in [0.2, 0.25) is 5.15 Å². The molecule has 0 atom stereocenters. The maximum absolute atomic E-state index is 12.3. The fourth-order valence-corrected chi connectivity index (χ4v) is 2.25. The van der Waals surface area contributed by atoms with Gasteiger partial charge in [-0.05, 0) is 37.6 Å². The first-order valence-electron chi connectivity index (χ1n) is 7.58. The van der Waals surface area contributed by atoms with Crippen LogP contribution in [0.15, 0.2) is 54.6 Å². The largest absolute Gasteiger partial charge is 0.435 e. The highest BCUT2D eigenvalue weighted by Crippen LogP contribution is 2.32. The van der Waals surface area contributed by atoms with Crippen molar-refractivity contribution in [3.63, 3.8) is 0 Å². The third-order valence-corrected chi connectivity index (χ3v) is 3.67. The normalized spacial score (nSPS) is 10.4. The Morgan fingerprint density at radius 3 is 2.40 bits per heavy atom. The number of para-hydroxylation sites is 1. The summed E-state index contributed by atoms with van der Waals surface area (Å²) in [5.74, 6) is 0.235. The molecule has 0 aliphatic rings. The topological polar surface area (TPSA) is 61.3 Å². The molecular formula is C19H15ClN2O3. The molecule has 0 unspecified atom stereocenters. The minimum absolute atomic E-state index is 0.0687. The van der Waals surface area contributed by atoms with Crippen molar-refractivity contribution < 1.29 is 14.3 Å². The fourth-order valence-electron chi connectivity index (χ4n) is 2.11. The molecule has 2 aromatic carbocycles. The second-order valence-electron chi connectivity index (χ2n) is 5.46. The number of hydrogen-bond donors (Lipinski definition) is 0. The van der Waals surface area contributed by atoms with Crippen LogP contribution in [0.3, 0.4) is 0 Å². The number of ether oxygens (including phenoxy) is 2. The summed E-state index contributed by atoms with van der Waals surface area (Å²) in [7, 11) is 0. The first-order valence-corrected chi connectivity index (χ1v) is 7.96. The molecule has 25 heavy (non-hydrogen) atoms. The highest BCUT2D eigenvalue weighted by atomic mass is 35.5. The standard InChI is InChI=1S/C19H15ClN2O3/c1-12-7-9-14(10-8-12)19(23)25-16-11-17(20)21-22-18(16)24-15-6-4-3-5-13(15)2/h3-11H,1-2H3. The summed E-state index contributed by atoms with van der Waals surface area (Å²) in [6.45, 7) is 3.84. The summed E-state index contributed by atoms with van der Waals surface area (Å²) in [5, 5.41) is 7.75. The third kappa shape index (κ3) is 4.14. The highest BCUT2D eigenvalue weighted by Gasteiger charge is 2.16. The SMILES string of the molecule is Cc1ccc(C(=O)Oc2cc(Cl)nnc2Oc2ccccc2C)cc1. The molecule has 0 fully saturated rings. The molecule has 0 amide bonds. The van der Waals surface area contributed by atoms with Gasteiger partial charge in [-0.15, -0.1) is 10.2 Å². The predicted molar refractivity (Wildman–Crippen MR) is 94.4 cm³/mol. The molecule has 1 heterocycles. The van der Waals surface area contributed by atoms with E-state index >= 15 is 0 Å². The van der Waals surface area contributed by atoms with Crippen LogP contribution in [0.1, 0.15) is 21.5 Å². The number of carbonyl (C=O) groups excluding carboxylic acids is 1. The van der Waals surface area contributed by atoms with E-state index in [0.717, 1.165) is 11.1 Å². The van der Waals surface area contributed by atoms with E-state index in [1.165, 1.54) is 6.07 Å². The van der Waals surface area contributed by atoms with E-state index in [0.29, 0.717) is 11.3 Å². The van der Waals surface area contributed by atoms with Crippen molar-refractivity contribution in [1.29, 1.82) is 0 Å². The number of carbonyl (C=O) groups is 1. The lowest BCUT2D eigenvalue weighted by Crippen LogP contribution is -2.10. The Kier molecular flexibility index (Phi) is 4.95. The average Bonchev–Trinajstić information content (AvgIpc) is 2.59. The Hall–Kier alpha value is -2.92.